The first-order chi connectivity index (χ1) is 10.4. The summed E-state index contributed by atoms with van der Waals surface area (Å²) in [5.74, 6) is 0.00354. The molecule has 0 radical (unpaired) electrons. The lowest BCUT2D eigenvalue weighted by atomic mass is 9.82. The Morgan fingerprint density at radius 1 is 1.50 bits per heavy atom. The lowest BCUT2D eigenvalue weighted by Gasteiger charge is -2.47. The van der Waals surface area contributed by atoms with Gasteiger partial charge >= 0.3 is 0 Å². The van der Waals surface area contributed by atoms with Crippen LogP contribution in [-0.2, 0) is 11.8 Å². The molecule has 6 heteroatoms. The highest BCUT2D eigenvalue weighted by Crippen LogP contribution is 2.42. The molecule has 1 atom stereocenters. The summed E-state index contributed by atoms with van der Waals surface area (Å²) >= 11 is 0. The summed E-state index contributed by atoms with van der Waals surface area (Å²) in [5, 5.41) is 14.8. The molecule has 2 aliphatic rings. The van der Waals surface area contributed by atoms with E-state index in [1.807, 2.05) is 14.0 Å². The molecule has 0 aromatic carbocycles. The first-order valence-corrected chi connectivity index (χ1v) is 8.02. The topological polar surface area (TPSA) is 67.6 Å². The Bertz CT molecular complexity index is 577. The van der Waals surface area contributed by atoms with Crippen LogP contribution < -0.4 is 0 Å². The van der Waals surface area contributed by atoms with Gasteiger partial charge in [0.05, 0.1) is 36.6 Å². The lowest BCUT2D eigenvalue weighted by Crippen LogP contribution is -2.63. The number of carbonyl (C=O) groups excluding carboxylic acids is 1. The fourth-order valence-electron chi connectivity index (χ4n) is 3.63. The molecule has 0 aliphatic carbocycles. The molecular formula is C16H25N3O3. The van der Waals surface area contributed by atoms with Crippen molar-refractivity contribution in [3.63, 3.8) is 0 Å². The van der Waals surface area contributed by atoms with Crippen molar-refractivity contribution >= 4 is 5.91 Å². The number of aliphatic hydroxyl groups is 1. The van der Waals surface area contributed by atoms with Crippen molar-refractivity contribution in [3.05, 3.63) is 17.5 Å². The number of carbonyl (C=O) groups is 1. The van der Waals surface area contributed by atoms with Gasteiger partial charge in [-0.05, 0) is 13.3 Å². The zero-order valence-electron chi connectivity index (χ0n) is 13.6. The van der Waals surface area contributed by atoms with Crippen LogP contribution in [0.15, 0.2) is 6.20 Å². The van der Waals surface area contributed by atoms with Crippen LogP contribution in [-0.4, -0.2) is 56.6 Å². The average Bonchev–Trinajstić information content (AvgIpc) is 2.95. The van der Waals surface area contributed by atoms with Gasteiger partial charge in [-0.3, -0.25) is 9.48 Å². The van der Waals surface area contributed by atoms with Gasteiger partial charge in [-0.25, -0.2) is 0 Å². The molecule has 1 amide bonds. The number of rotatable bonds is 4. The van der Waals surface area contributed by atoms with Gasteiger partial charge in [0.25, 0.3) is 5.91 Å². The standard InChI is InChI=1S/C16H25N3O3/c1-4-5-6-15(21)8-16(22-11-15)9-19(10-16)14(20)13-7-18(3)17-12(13)2/h7,21H,4-6,8-11H2,1-3H3. The molecule has 1 N–H and O–H groups in total. The van der Waals surface area contributed by atoms with Crippen molar-refractivity contribution in [3.8, 4) is 0 Å². The van der Waals surface area contributed by atoms with Crippen molar-refractivity contribution in [1.82, 2.24) is 14.7 Å². The van der Waals surface area contributed by atoms with E-state index in [1.54, 1.807) is 15.8 Å². The maximum atomic E-state index is 12.5. The van der Waals surface area contributed by atoms with Crippen LogP contribution in [0.25, 0.3) is 0 Å². The molecule has 0 bridgehead atoms. The van der Waals surface area contributed by atoms with Gasteiger partial charge in [0.15, 0.2) is 0 Å². The van der Waals surface area contributed by atoms with Crippen LogP contribution in [0.1, 0.15) is 48.7 Å². The maximum absolute atomic E-state index is 12.5. The Kier molecular flexibility index (Phi) is 3.77. The third-order valence-electron chi connectivity index (χ3n) is 4.78. The molecule has 3 heterocycles. The highest BCUT2D eigenvalue weighted by atomic mass is 16.5. The SMILES string of the molecule is CCCCC1(O)COC2(CN(C(=O)c3cn(C)nc3C)C2)C1. The highest BCUT2D eigenvalue weighted by molar-refractivity contribution is 5.95. The highest BCUT2D eigenvalue weighted by Gasteiger charge is 2.56. The quantitative estimate of drug-likeness (QED) is 0.909. The monoisotopic (exact) mass is 307 g/mol. The first kappa shape index (κ1) is 15.5. The van der Waals surface area contributed by atoms with Gasteiger partial charge in [-0.2, -0.15) is 5.10 Å². The van der Waals surface area contributed by atoms with Gasteiger partial charge in [-0.1, -0.05) is 19.8 Å². The number of nitrogens with zero attached hydrogens (tertiary/aromatic N) is 3. The predicted octanol–water partition coefficient (Wildman–Crippen LogP) is 1.26. The number of aromatic nitrogens is 2. The normalized spacial score (nSPS) is 26.5. The molecule has 2 saturated heterocycles. The minimum atomic E-state index is -0.713. The molecule has 1 aromatic heterocycles. The summed E-state index contributed by atoms with van der Waals surface area (Å²) in [6.07, 6.45) is 5.25. The van der Waals surface area contributed by atoms with Gasteiger partial charge in [0, 0.05) is 19.7 Å². The third kappa shape index (κ3) is 2.65. The second kappa shape index (κ2) is 5.35. The number of amides is 1. The Labute approximate surface area is 131 Å². The number of aryl methyl sites for hydroxylation is 2. The van der Waals surface area contributed by atoms with Crippen molar-refractivity contribution in [2.24, 2.45) is 7.05 Å². The molecule has 3 rings (SSSR count). The van der Waals surface area contributed by atoms with E-state index in [9.17, 15) is 9.90 Å². The van der Waals surface area contributed by atoms with Crippen LogP contribution in [0.2, 0.25) is 0 Å². The fourth-order valence-corrected chi connectivity index (χ4v) is 3.63. The number of likely N-dealkylation sites (tertiary alicyclic amines) is 1. The van der Waals surface area contributed by atoms with Crippen molar-refractivity contribution in [1.29, 1.82) is 0 Å². The molecule has 0 saturated carbocycles. The van der Waals surface area contributed by atoms with Crippen LogP contribution in [0.4, 0.5) is 0 Å². The van der Waals surface area contributed by atoms with E-state index >= 15 is 0 Å². The van der Waals surface area contributed by atoms with Crippen LogP contribution in [0.3, 0.4) is 0 Å². The molecule has 1 aromatic rings. The number of hydrogen-bond acceptors (Lipinski definition) is 4. The number of unbranched alkanes of at least 4 members (excludes halogenated alkanes) is 1. The molecule has 2 aliphatic heterocycles. The van der Waals surface area contributed by atoms with Gasteiger partial charge < -0.3 is 14.7 Å². The van der Waals surface area contributed by atoms with Crippen molar-refractivity contribution in [2.75, 3.05) is 19.7 Å². The first-order valence-electron chi connectivity index (χ1n) is 8.02. The summed E-state index contributed by atoms with van der Waals surface area (Å²) in [6, 6.07) is 0. The van der Waals surface area contributed by atoms with E-state index in [0.29, 0.717) is 31.7 Å². The molecule has 122 valence electrons. The van der Waals surface area contributed by atoms with Crippen molar-refractivity contribution < 1.29 is 14.6 Å². The summed E-state index contributed by atoms with van der Waals surface area (Å²) in [7, 11) is 1.81. The Balaban J connectivity index is 1.60. The van der Waals surface area contributed by atoms with E-state index in [0.717, 1.165) is 25.0 Å². The summed E-state index contributed by atoms with van der Waals surface area (Å²) in [5.41, 5.74) is 0.348. The fraction of sp³-hybridized carbons (Fsp3) is 0.750. The minimum Gasteiger partial charge on any atom is -0.387 e. The summed E-state index contributed by atoms with van der Waals surface area (Å²) < 4.78 is 7.54. The van der Waals surface area contributed by atoms with Gasteiger partial charge in [0.1, 0.15) is 5.60 Å². The van der Waals surface area contributed by atoms with E-state index < -0.39 is 5.60 Å². The zero-order valence-corrected chi connectivity index (χ0v) is 13.6. The van der Waals surface area contributed by atoms with Crippen LogP contribution in [0, 0.1) is 6.92 Å². The molecule has 6 nitrogen and oxygen atoms in total. The largest absolute Gasteiger partial charge is 0.387 e. The van der Waals surface area contributed by atoms with E-state index in [2.05, 4.69) is 12.0 Å². The zero-order chi connectivity index (χ0) is 16.0. The third-order valence-corrected chi connectivity index (χ3v) is 4.78. The van der Waals surface area contributed by atoms with Crippen LogP contribution >= 0.6 is 0 Å². The Hall–Kier alpha value is -1.40. The lowest BCUT2D eigenvalue weighted by molar-refractivity contribution is -0.0956. The smallest absolute Gasteiger partial charge is 0.257 e. The molecule has 2 fully saturated rings. The van der Waals surface area contributed by atoms with Crippen molar-refractivity contribution in [2.45, 2.75) is 50.7 Å². The maximum Gasteiger partial charge on any atom is 0.257 e. The van der Waals surface area contributed by atoms with Gasteiger partial charge in [0.2, 0.25) is 0 Å². The number of hydrogen-bond donors (Lipinski definition) is 1. The number of ether oxygens (including phenoxy) is 1. The van der Waals surface area contributed by atoms with Crippen LogP contribution in [0.5, 0.6) is 0 Å². The predicted molar refractivity (Wildman–Crippen MR) is 81.6 cm³/mol. The Morgan fingerprint density at radius 3 is 2.82 bits per heavy atom. The second-order valence-electron chi connectivity index (χ2n) is 6.94. The second-order valence-corrected chi connectivity index (χ2v) is 6.94. The van der Waals surface area contributed by atoms with E-state index in [1.165, 1.54) is 0 Å². The average molecular weight is 307 g/mol. The molecule has 1 unspecified atom stereocenters. The van der Waals surface area contributed by atoms with Gasteiger partial charge in [-0.15, -0.1) is 0 Å². The molecular weight excluding hydrogens is 282 g/mol. The van der Waals surface area contributed by atoms with E-state index in [-0.39, 0.29) is 11.5 Å². The molecule has 1 spiro atoms. The molecule has 22 heavy (non-hydrogen) atoms. The van der Waals surface area contributed by atoms with E-state index in [4.69, 9.17) is 4.74 Å². The Morgan fingerprint density at radius 2 is 2.23 bits per heavy atom. The summed E-state index contributed by atoms with van der Waals surface area (Å²) in [6.45, 7) is 5.48. The summed E-state index contributed by atoms with van der Waals surface area (Å²) in [4.78, 5) is 14.3. The minimum absolute atomic E-state index is 0.00354.